The molecule has 1 rings (SSSR count). The lowest BCUT2D eigenvalue weighted by Gasteiger charge is -2.20. The van der Waals surface area contributed by atoms with Gasteiger partial charge in [0.15, 0.2) is 0 Å². The molecule has 1 saturated carbocycles. The fourth-order valence-electron chi connectivity index (χ4n) is 2.04. The molecule has 1 unspecified atom stereocenters. The molecule has 2 N–H and O–H groups in total. The van der Waals surface area contributed by atoms with Gasteiger partial charge in [0.05, 0.1) is 6.54 Å². The molecule has 76 valence electrons. The average Bonchev–Trinajstić information content (AvgIpc) is 2.55. The predicted octanol–water partition coefficient (Wildman–Crippen LogP) is 0.901. The van der Waals surface area contributed by atoms with Crippen molar-refractivity contribution < 1.29 is 4.79 Å². The molecule has 0 heterocycles. The number of carbonyl (C=O) groups excluding carboxylic acids is 1. The van der Waals surface area contributed by atoms with Crippen molar-refractivity contribution >= 4 is 5.91 Å². The Morgan fingerprint density at radius 1 is 1.46 bits per heavy atom. The van der Waals surface area contributed by atoms with E-state index in [4.69, 9.17) is 0 Å². The zero-order valence-corrected chi connectivity index (χ0v) is 8.60. The van der Waals surface area contributed by atoms with E-state index in [1.165, 1.54) is 25.7 Å². The van der Waals surface area contributed by atoms with Gasteiger partial charge in [0.1, 0.15) is 0 Å². The van der Waals surface area contributed by atoms with Crippen molar-refractivity contribution in [3.63, 3.8) is 0 Å². The average molecular weight is 184 g/mol. The summed E-state index contributed by atoms with van der Waals surface area (Å²) in [6.07, 6.45) is 5.22. The van der Waals surface area contributed by atoms with Gasteiger partial charge in [0.2, 0.25) is 5.91 Å². The van der Waals surface area contributed by atoms with Gasteiger partial charge in [-0.15, -0.1) is 0 Å². The predicted molar refractivity (Wildman–Crippen MR) is 53.5 cm³/mol. The Bertz CT molecular complexity index is 164. The number of carbonyl (C=O) groups is 1. The van der Waals surface area contributed by atoms with Crippen molar-refractivity contribution in [2.24, 2.45) is 5.92 Å². The van der Waals surface area contributed by atoms with Crippen LogP contribution in [0, 0.1) is 5.92 Å². The normalized spacial score (nSPS) is 20.2. The molecule has 0 spiro atoms. The Balaban J connectivity index is 2.22. The van der Waals surface area contributed by atoms with Crippen LogP contribution in [0.25, 0.3) is 0 Å². The van der Waals surface area contributed by atoms with Crippen LogP contribution < -0.4 is 10.6 Å². The maximum atomic E-state index is 11.2. The van der Waals surface area contributed by atoms with Gasteiger partial charge in [0.25, 0.3) is 0 Å². The van der Waals surface area contributed by atoms with E-state index < -0.39 is 0 Å². The molecule has 1 amide bonds. The molecule has 3 nitrogen and oxygen atoms in total. The first kappa shape index (κ1) is 10.5. The van der Waals surface area contributed by atoms with Crippen LogP contribution in [-0.4, -0.2) is 25.5 Å². The first-order valence-electron chi connectivity index (χ1n) is 5.18. The third kappa shape index (κ3) is 3.35. The summed E-state index contributed by atoms with van der Waals surface area (Å²) in [5.41, 5.74) is 0. The second-order valence-electron chi connectivity index (χ2n) is 3.93. The Labute approximate surface area is 80.3 Å². The van der Waals surface area contributed by atoms with Crippen LogP contribution in [0.2, 0.25) is 0 Å². The maximum Gasteiger partial charge on any atom is 0.234 e. The topological polar surface area (TPSA) is 41.1 Å². The van der Waals surface area contributed by atoms with E-state index >= 15 is 0 Å². The second kappa shape index (κ2) is 5.22. The van der Waals surface area contributed by atoms with Crippen molar-refractivity contribution in [3.8, 4) is 0 Å². The summed E-state index contributed by atoms with van der Waals surface area (Å²) in [6.45, 7) is 2.54. The van der Waals surface area contributed by atoms with Crippen LogP contribution >= 0.6 is 0 Å². The first-order chi connectivity index (χ1) is 6.24. The van der Waals surface area contributed by atoms with Crippen LogP contribution in [0.3, 0.4) is 0 Å². The minimum atomic E-state index is 0.113. The summed E-state index contributed by atoms with van der Waals surface area (Å²) in [4.78, 5) is 11.2. The van der Waals surface area contributed by atoms with Gasteiger partial charge in [-0.2, -0.15) is 0 Å². The van der Waals surface area contributed by atoms with E-state index in [0.29, 0.717) is 18.5 Å². The van der Waals surface area contributed by atoms with Crippen molar-refractivity contribution in [1.82, 2.24) is 10.6 Å². The van der Waals surface area contributed by atoms with Crippen molar-refractivity contribution in [1.29, 1.82) is 0 Å². The largest absolute Gasteiger partial charge is 0.352 e. The van der Waals surface area contributed by atoms with E-state index in [2.05, 4.69) is 17.6 Å². The van der Waals surface area contributed by atoms with Gasteiger partial charge in [-0.3, -0.25) is 4.79 Å². The number of hydrogen-bond donors (Lipinski definition) is 2. The van der Waals surface area contributed by atoms with Crippen molar-refractivity contribution in [2.45, 2.75) is 38.6 Å². The highest BCUT2D eigenvalue weighted by Gasteiger charge is 2.22. The van der Waals surface area contributed by atoms with Crippen LogP contribution in [0.1, 0.15) is 32.6 Å². The minimum Gasteiger partial charge on any atom is -0.352 e. The van der Waals surface area contributed by atoms with Gasteiger partial charge in [-0.1, -0.05) is 12.8 Å². The summed E-state index contributed by atoms with van der Waals surface area (Å²) in [5.74, 6) is 0.822. The summed E-state index contributed by atoms with van der Waals surface area (Å²) in [5, 5.41) is 5.87. The monoisotopic (exact) mass is 184 g/mol. The van der Waals surface area contributed by atoms with Gasteiger partial charge < -0.3 is 10.6 Å². The zero-order valence-electron chi connectivity index (χ0n) is 8.60. The number of likely N-dealkylation sites (N-methyl/N-ethyl adjacent to an activating group) is 1. The Kier molecular flexibility index (Phi) is 4.22. The van der Waals surface area contributed by atoms with Crippen LogP contribution in [0.5, 0.6) is 0 Å². The lowest BCUT2D eigenvalue weighted by molar-refractivity contribution is -0.121. The fraction of sp³-hybridized carbons (Fsp3) is 0.900. The number of rotatable bonds is 4. The minimum absolute atomic E-state index is 0.113. The SMILES string of the molecule is CNCC(=O)NC(C)C1CCCC1. The van der Waals surface area contributed by atoms with E-state index in [9.17, 15) is 4.79 Å². The summed E-state index contributed by atoms with van der Waals surface area (Å²) < 4.78 is 0. The van der Waals surface area contributed by atoms with E-state index in [1.807, 2.05) is 0 Å². The molecule has 0 aromatic carbocycles. The summed E-state index contributed by atoms with van der Waals surface area (Å²) >= 11 is 0. The second-order valence-corrected chi connectivity index (χ2v) is 3.93. The lowest BCUT2D eigenvalue weighted by Crippen LogP contribution is -2.41. The van der Waals surface area contributed by atoms with Crippen LogP contribution in [0.4, 0.5) is 0 Å². The molecule has 1 aliphatic rings. The summed E-state index contributed by atoms with van der Waals surface area (Å²) in [7, 11) is 1.79. The number of nitrogens with one attached hydrogen (secondary N) is 2. The quantitative estimate of drug-likeness (QED) is 0.681. The van der Waals surface area contributed by atoms with Crippen LogP contribution in [-0.2, 0) is 4.79 Å². The van der Waals surface area contributed by atoms with Gasteiger partial charge in [0, 0.05) is 6.04 Å². The molecule has 1 atom stereocenters. The van der Waals surface area contributed by atoms with E-state index in [1.54, 1.807) is 7.05 Å². The highest BCUT2D eigenvalue weighted by molar-refractivity contribution is 5.78. The molecule has 1 fully saturated rings. The van der Waals surface area contributed by atoms with Gasteiger partial charge >= 0.3 is 0 Å². The van der Waals surface area contributed by atoms with E-state index in [0.717, 1.165) is 0 Å². The molecular formula is C10H20N2O. The first-order valence-corrected chi connectivity index (χ1v) is 5.18. The van der Waals surface area contributed by atoms with Gasteiger partial charge in [-0.25, -0.2) is 0 Å². The number of hydrogen-bond acceptors (Lipinski definition) is 2. The molecule has 3 heteroatoms. The zero-order chi connectivity index (χ0) is 9.68. The van der Waals surface area contributed by atoms with Gasteiger partial charge in [-0.05, 0) is 32.7 Å². The Morgan fingerprint density at radius 2 is 2.08 bits per heavy atom. The molecule has 0 saturated heterocycles. The molecule has 0 bridgehead atoms. The molecule has 0 aromatic rings. The highest BCUT2D eigenvalue weighted by atomic mass is 16.1. The molecule has 1 aliphatic carbocycles. The molecule has 13 heavy (non-hydrogen) atoms. The maximum absolute atomic E-state index is 11.2. The Morgan fingerprint density at radius 3 is 2.62 bits per heavy atom. The lowest BCUT2D eigenvalue weighted by atomic mass is 10.00. The molecule has 0 radical (unpaired) electrons. The fourth-order valence-corrected chi connectivity index (χ4v) is 2.04. The third-order valence-electron chi connectivity index (χ3n) is 2.83. The Hall–Kier alpha value is -0.570. The third-order valence-corrected chi connectivity index (χ3v) is 2.83. The van der Waals surface area contributed by atoms with Crippen molar-refractivity contribution in [2.75, 3.05) is 13.6 Å². The number of amides is 1. The van der Waals surface area contributed by atoms with Crippen LogP contribution in [0.15, 0.2) is 0 Å². The molecular weight excluding hydrogens is 164 g/mol. The highest BCUT2D eigenvalue weighted by Crippen LogP contribution is 2.27. The molecule has 0 aliphatic heterocycles. The summed E-state index contributed by atoms with van der Waals surface area (Å²) in [6, 6.07) is 0.350. The van der Waals surface area contributed by atoms with Crippen molar-refractivity contribution in [3.05, 3.63) is 0 Å². The molecule has 0 aromatic heterocycles. The standard InChI is InChI=1S/C10H20N2O/c1-8(9-5-3-4-6-9)12-10(13)7-11-2/h8-9,11H,3-7H2,1-2H3,(H,12,13). The smallest absolute Gasteiger partial charge is 0.234 e. The van der Waals surface area contributed by atoms with E-state index in [-0.39, 0.29) is 5.91 Å².